The molecule has 0 spiro atoms. The first-order valence-electron chi connectivity index (χ1n) is 8.91. The summed E-state index contributed by atoms with van der Waals surface area (Å²) in [7, 11) is 0. The summed E-state index contributed by atoms with van der Waals surface area (Å²) in [5, 5.41) is 8.22. The van der Waals surface area contributed by atoms with Gasteiger partial charge in [0.15, 0.2) is 0 Å². The second-order valence-corrected chi connectivity index (χ2v) is 6.35. The third-order valence-corrected chi connectivity index (χ3v) is 4.19. The number of likely N-dealkylation sites (tertiary alicyclic amines) is 1. The van der Waals surface area contributed by atoms with Crippen molar-refractivity contribution in [3.63, 3.8) is 0 Å². The summed E-state index contributed by atoms with van der Waals surface area (Å²) < 4.78 is 0. The van der Waals surface area contributed by atoms with Crippen molar-refractivity contribution in [2.24, 2.45) is 0 Å². The Balaban J connectivity index is 1.54. The van der Waals surface area contributed by atoms with Crippen LogP contribution in [0, 0.1) is 0 Å². The van der Waals surface area contributed by atoms with Crippen LogP contribution < -0.4 is 16.0 Å². The number of carbonyl (C=O) groups excluding carboxylic acids is 3. The zero-order valence-corrected chi connectivity index (χ0v) is 14.9. The Labute approximate surface area is 157 Å². The van der Waals surface area contributed by atoms with E-state index in [1.165, 1.54) is 0 Å². The molecule has 0 saturated carbocycles. The number of rotatable bonds is 5. The second-order valence-electron chi connectivity index (χ2n) is 6.35. The molecule has 2 aromatic carbocycles. The summed E-state index contributed by atoms with van der Waals surface area (Å²) in [5.41, 5.74) is 1.79. The Morgan fingerprint density at radius 3 is 2.26 bits per heavy atom. The van der Waals surface area contributed by atoms with E-state index in [-0.39, 0.29) is 24.4 Å². The minimum atomic E-state index is -0.372. The molecule has 0 atom stereocenters. The van der Waals surface area contributed by atoms with Crippen molar-refractivity contribution >= 4 is 34.9 Å². The van der Waals surface area contributed by atoms with E-state index >= 15 is 0 Å². The van der Waals surface area contributed by atoms with E-state index < -0.39 is 0 Å². The van der Waals surface area contributed by atoms with Crippen molar-refractivity contribution in [3.8, 4) is 0 Å². The highest BCUT2D eigenvalue weighted by Crippen LogP contribution is 2.16. The molecule has 1 aliphatic rings. The average Bonchev–Trinajstić information content (AvgIpc) is 2.64. The number of carbonyl (C=O) groups is 3. The zero-order valence-electron chi connectivity index (χ0n) is 14.9. The maximum absolute atomic E-state index is 12.2. The van der Waals surface area contributed by atoms with Crippen LogP contribution in [0.5, 0.6) is 0 Å². The molecule has 7 heteroatoms. The first-order chi connectivity index (χ1) is 13.1. The highest BCUT2D eigenvalue weighted by molar-refractivity contribution is 6.00. The van der Waals surface area contributed by atoms with Crippen LogP contribution in [-0.2, 0) is 9.59 Å². The van der Waals surface area contributed by atoms with Gasteiger partial charge in [-0.2, -0.15) is 0 Å². The van der Waals surface area contributed by atoms with Crippen molar-refractivity contribution in [1.29, 1.82) is 0 Å². The molecule has 2 aromatic rings. The molecule has 0 bridgehead atoms. The van der Waals surface area contributed by atoms with Gasteiger partial charge in [-0.25, -0.2) is 4.79 Å². The van der Waals surface area contributed by atoms with Gasteiger partial charge >= 0.3 is 6.03 Å². The fourth-order valence-corrected chi connectivity index (χ4v) is 2.89. The standard InChI is InChI=1S/C20H22N4O3/c25-18(14-24-12-5-4-11-19(24)26)21-16-9-6-10-17(13-16)23-20(27)22-15-7-2-1-3-8-15/h1-3,6-10,13H,4-5,11-12,14H2,(H,21,25)(H2,22,23,27). The fourth-order valence-electron chi connectivity index (χ4n) is 2.89. The van der Waals surface area contributed by atoms with Crippen molar-refractivity contribution in [2.75, 3.05) is 29.0 Å². The molecule has 1 saturated heterocycles. The topological polar surface area (TPSA) is 90.5 Å². The normalized spacial score (nSPS) is 13.8. The summed E-state index contributed by atoms with van der Waals surface area (Å²) in [6.45, 7) is 0.665. The van der Waals surface area contributed by atoms with Gasteiger partial charge in [-0.1, -0.05) is 24.3 Å². The van der Waals surface area contributed by atoms with E-state index in [1.54, 1.807) is 41.3 Å². The lowest BCUT2D eigenvalue weighted by molar-refractivity contribution is -0.136. The highest BCUT2D eigenvalue weighted by atomic mass is 16.2. The molecule has 140 valence electrons. The van der Waals surface area contributed by atoms with Crippen LogP contribution in [0.15, 0.2) is 54.6 Å². The molecule has 4 amide bonds. The number of nitrogens with one attached hydrogen (secondary N) is 3. The number of hydrogen-bond donors (Lipinski definition) is 3. The van der Waals surface area contributed by atoms with E-state index in [9.17, 15) is 14.4 Å². The molecular formula is C20H22N4O3. The molecule has 3 N–H and O–H groups in total. The van der Waals surface area contributed by atoms with Crippen LogP contribution in [-0.4, -0.2) is 35.8 Å². The minimum absolute atomic E-state index is 0.0180. The zero-order chi connectivity index (χ0) is 19.1. The summed E-state index contributed by atoms with van der Waals surface area (Å²) in [6.07, 6.45) is 2.31. The quantitative estimate of drug-likeness (QED) is 0.758. The molecule has 0 aromatic heterocycles. The van der Waals surface area contributed by atoms with Crippen molar-refractivity contribution in [3.05, 3.63) is 54.6 Å². The Morgan fingerprint density at radius 2 is 1.52 bits per heavy atom. The van der Waals surface area contributed by atoms with Gasteiger partial charge in [-0.15, -0.1) is 0 Å². The van der Waals surface area contributed by atoms with Crippen LogP contribution >= 0.6 is 0 Å². The Hall–Kier alpha value is -3.35. The fraction of sp³-hybridized carbons (Fsp3) is 0.250. The summed E-state index contributed by atoms with van der Waals surface area (Å²) >= 11 is 0. The lowest BCUT2D eigenvalue weighted by atomic mass is 10.1. The van der Waals surface area contributed by atoms with Gasteiger partial charge in [0.1, 0.15) is 0 Å². The predicted molar refractivity (Wildman–Crippen MR) is 105 cm³/mol. The first-order valence-corrected chi connectivity index (χ1v) is 8.91. The Bertz CT molecular complexity index is 823. The van der Waals surface area contributed by atoms with Gasteiger partial charge in [-0.05, 0) is 43.2 Å². The van der Waals surface area contributed by atoms with Crippen LogP contribution in [0.25, 0.3) is 0 Å². The molecule has 0 aliphatic carbocycles. The van der Waals surface area contributed by atoms with Gasteiger partial charge in [0.25, 0.3) is 0 Å². The number of para-hydroxylation sites is 1. The van der Waals surface area contributed by atoms with Gasteiger partial charge in [0.2, 0.25) is 11.8 Å². The van der Waals surface area contributed by atoms with Crippen LogP contribution in [0.3, 0.4) is 0 Å². The predicted octanol–water partition coefficient (Wildman–Crippen LogP) is 3.28. The minimum Gasteiger partial charge on any atom is -0.333 e. The number of amides is 4. The van der Waals surface area contributed by atoms with Crippen molar-refractivity contribution in [1.82, 2.24) is 4.90 Å². The third-order valence-electron chi connectivity index (χ3n) is 4.19. The number of piperidine rings is 1. The number of hydrogen-bond acceptors (Lipinski definition) is 3. The summed E-state index contributed by atoms with van der Waals surface area (Å²) in [4.78, 5) is 37.6. The van der Waals surface area contributed by atoms with E-state index in [4.69, 9.17) is 0 Å². The lowest BCUT2D eigenvalue weighted by Gasteiger charge is -2.26. The summed E-state index contributed by atoms with van der Waals surface area (Å²) in [5.74, 6) is -0.236. The first kappa shape index (κ1) is 18.4. The molecule has 3 rings (SSSR count). The van der Waals surface area contributed by atoms with Gasteiger partial charge < -0.3 is 20.9 Å². The largest absolute Gasteiger partial charge is 0.333 e. The molecule has 7 nitrogen and oxygen atoms in total. The Morgan fingerprint density at radius 1 is 0.852 bits per heavy atom. The maximum Gasteiger partial charge on any atom is 0.323 e. The van der Waals surface area contributed by atoms with Gasteiger partial charge in [-0.3, -0.25) is 9.59 Å². The monoisotopic (exact) mass is 366 g/mol. The number of benzene rings is 2. The number of urea groups is 1. The Kier molecular flexibility index (Phi) is 6.04. The highest BCUT2D eigenvalue weighted by Gasteiger charge is 2.20. The summed E-state index contributed by atoms with van der Waals surface area (Å²) in [6, 6.07) is 15.6. The van der Waals surface area contributed by atoms with E-state index in [2.05, 4.69) is 16.0 Å². The van der Waals surface area contributed by atoms with Gasteiger partial charge in [0, 0.05) is 30.0 Å². The molecule has 1 heterocycles. The second kappa shape index (κ2) is 8.84. The van der Waals surface area contributed by atoms with Crippen molar-refractivity contribution in [2.45, 2.75) is 19.3 Å². The van der Waals surface area contributed by atoms with E-state index in [1.807, 2.05) is 18.2 Å². The third kappa shape index (κ3) is 5.57. The van der Waals surface area contributed by atoms with E-state index in [0.717, 1.165) is 12.8 Å². The van der Waals surface area contributed by atoms with Crippen molar-refractivity contribution < 1.29 is 14.4 Å². The molecule has 1 fully saturated rings. The molecule has 27 heavy (non-hydrogen) atoms. The smallest absolute Gasteiger partial charge is 0.323 e. The molecule has 0 radical (unpaired) electrons. The maximum atomic E-state index is 12.2. The number of nitrogens with zero attached hydrogens (tertiary/aromatic N) is 1. The molecule has 1 aliphatic heterocycles. The van der Waals surface area contributed by atoms with E-state index in [0.29, 0.717) is 30.0 Å². The van der Waals surface area contributed by atoms with Crippen LogP contribution in [0.2, 0.25) is 0 Å². The molecule has 0 unspecified atom stereocenters. The van der Waals surface area contributed by atoms with Crippen LogP contribution in [0.4, 0.5) is 21.9 Å². The average molecular weight is 366 g/mol. The van der Waals surface area contributed by atoms with Crippen LogP contribution in [0.1, 0.15) is 19.3 Å². The lowest BCUT2D eigenvalue weighted by Crippen LogP contribution is -2.40. The SMILES string of the molecule is O=C(CN1CCCCC1=O)Nc1cccc(NC(=O)Nc2ccccc2)c1. The van der Waals surface area contributed by atoms with Gasteiger partial charge in [0.05, 0.1) is 6.54 Å². The molecular weight excluding hydrogens is 344 g/mol. The number of anilines is 3.